The maximum Gasteiger partial charge on any atom is 0.437 e. The minimum absolute atomic E-state index is 0.0330. The van der Waals surface area contributed by atoms with E-state index in [1.165, 1.54) is 22.9 Å². The molecule has 0 spiro atoms. The third-order valence-corrected chi connectivity index (χ3v) is 1.66. The van der Waals surface area contributed by atoms with Crippen LogP contribution < -0.4 is 4.57 Å². The van der Waals surface area contributed by atoms with Crippen LogP contribution >= 0.6 is 0 Å². The van der Waals surface area contributed by atoms with Crippen molar-refractivity contribution in [3.05, 3.63) is 30.1 Å². The zero-order chi connectivity index (χ0) is 11.5. The first-order chi connectivity index (χ1) is 6.95. The highest BCUT2D eigenvalue weighted by atomic mass is 19.4. The van der Waals surface area contributed by atoms with E-state index < -0.39 is 11.9 Å². The molecule has 1 aromatic rings. The molecule has 0 N–H and O–H groups in total. The molecule has 0 saturated heterocycles. The third-order valence-electron chi connectivity index (χ3n) is 1.66. The molecule has 0 unspecified atom stereocenters. The normalized spacial score (nSPS) is 12.7. The van der Waals surface area contributed by atoms with Crippen molar-refractivity contribution >= 4 is 5.71 Å². The van der Waals surface area contributed by atoms with E-state index in [2.05, 4.69) is 9.99 Å². The average molecular weight is 219 g/mol. The summed E-state index contributed by atoms with van der Waals surface area (Å²) in [6.45, 7) is 0. The van der Waals surface area contributed by atoms with Gasteiger partial charge in [0.05, 0.1) is 5.56 Å². The van der Waals surface area contributed by atoms with Gasteiger partial charge >= 0.3 is 6.18 Å². The van der Waals surface area contributed by atoms with Gasteiger partial charge < -0.3 is 4.84 Å². The van der Waals surface area contributed by atoms with Crippen LogP contribution in [-0.4, -0.2) is 19.0 Å². The Morgan fingerprint density at radius 2 is 2.13 bits per heavy atom. The van der Waals surface area contributed by atoms with Crippen LogP contribution in [0.15, 0.2) is 29.7 Å². The van der Waals surface area contributed by atoms with Crippen LogP contribution in [0.4, 0.5) is 13.2 Å². The van der Waals surface area contributed by atoms with E-state index in [0.717, 1.165) is 7.11 Å². The Labute approximate surface area is 84.8 Å². The molecule has 0 amide bonds. The lowest BCUT2D eigenvalue weighted by Gasteiger charge is -2.07. The topological polar surface area (TPSA) is 25.5 Å². The van der Waals surface area contributed by atoms with E-state index in [9.17, 15) is 13.2 Å². The number of rotatable bonds is 2. The largest absolute Gasteiger partial charge is 0.437 e. The van der Waals surface area contributed by atoms with Crippen LogP contribution in [0.3, 0.4) is 0 Å². The Hall–Kier alpha value is -1.59. The zero-order valence-corrected chi connectivity index (χ0v) is 8.25. The standard InChI is InChI=1S/C9H10F3N2O/c1-14-5-3-4-7(6-14)8(13-15-2)9(10,11)12/h3-6H,1-2H3/q+1. The van der Waals surface area contributed by atoms with Crippen LogP contribution in [0.2, 0.25) is 0 Å². The molecule has 0 aliphatic carbocycles. The number of alkyl halides is 3. The molecule has 1 aromatic heterocycles. The summed E-state index contributed by atoms with van der Waals surface area (Å²) in [5.41, 5.74) is -1.07. The van der Waals surface area contributed by atoms with Crippen LogP contribution in [0.1, 0.15) is 5.56 Å². The summed E-state index contributed by atoms with van der Waals surface area (Å²) in [4.78, 5) is 4.18. The SMILES string of the molecule is CON=C(c1ccc[n+](C)c1)C(F)(F)F. The maximum absolute atomic E-state index is 12.5. The monoisotopic (exact) mass is 219 g/mol. The molecule has 0 radical (unpaired) electrons. The zero-order valence-electron chi connectivity index (χ0n) is 8.25. The Bertz CT molecular complexity index is 374. The van der Waals surface area contributed by atoms with Crippen molar-refractivity contribution in [2.24, 2.45) is 12.2 Å². The number of oxime groups is 1. The van der Waals surface area contributed by atoms with Crippen molar-refractivity contribution in [2.45, 2.75) is 6.18 Å². The summed E-state index contributed by atoms with van der Waals surface area (Å²) < 4.78 is 39.0. The Morgan fingerprint density at radius 1 is 1.47 bits per heavy atom. The number of nitrogens with zero attached hydrogens (tertiary/aromatic N) is 2. The van der Waals surface area contributed by atoms with E-state index in [1.54, 1.807) is 13.2 Å². The molecule has 1 rings (SSSR count). The predicted octanol–water partition coefficient (Wildman–Crippen LogP) is 1.42. The van der Waals surface area contributed by atoms with Crippen LogP contribution in [0, 0.1) is 0 Å². The maximum atomic E-state index is 12.5. The van der Waals surface area contributed by atoms with Gasteiger partial charge in [0.25, 0.3) is 0 Å². The molecule has 82 valence electrons. The molecule has 1 heterocycles. The van der Waals surface area contributed by atoms with Crippen molar-refractivity contribution in [1.29, 1.82) is 0 Å². The summed E-state index contributed by atoms with van der Waals surface area (Å²) in [5.74, 6) is 0. The number of aryl methyl sites for hydroxylation is 1. The average Bonchev–Trinajstić information content (AvgIpc) is 2.12. The fraction of sp³-hybridized carbons (Fsp3) is 0.333. The highest BCUT2D eigenvalue weighted by molar-refractivity contribution is 6.03. The van der Waals surface area contributed by atoms with Crippen molar-refractivity contribution < 1.29 is 22.6 Å². The summed E-state index contributed by atoms with van der Waals surface area (Å²) >= 11 is 0. The lowest BCUT2D eigenvalue weighted by atomic mass is 10.2. The first-order valence-corrected chi connectivity index (χ1v) is 4.09. The molecule has 0 bridgehead atoms. The quantitative estimate of drug-likeness (QED) is 0.419. The Kier molecular flexibility index (Phi) is 3.28. The second kappa shape index (κ2) is 4.29. The lowest BCUT2D eigenvalue weighted by molar-refractivity contribution is -0.671. The van der Waals surface area contributed by atoms with E-state index >= 15 is 0 Å². The number of aromatic nitrogens is 1. The molecule has 3 nitrogen and oxygen atoms in total. The molecule has 0 aliphatic heterocycles. The molecular formula is C9H10F3N2O+. The van der Waals surface area contributed by atoms with E-state index in [-0.39, 0.29) is 5.56 Å². The van der Waals surface area contributed by atoms with Crippen molar-refractivity contribution in [3.63, 3.8) is 0 Å². The van der Waals surface area contributed by atoms with Gasteiger partial charge in [0.2, 0.25) is 0 Å². The number of hydrogen-bond acceptors (Lipinski definition) is 2. The van der Waals surface area contributed by atoms with Crippen molar-refractivity contribution in [3.8, 4) is 0 Å². The van der Waals surface area contributed by atoms with Crippen molar-refractivity contribution in [1.82, 2.24) is 0 Å². The van der Waals surface area contributed by atoms with Gasteiger partial charge in [-0.1, -0.05) is 5.16 Å². The highest BCUT2D eigenvalue weighted by Crippen LogP contribution is 2.21. The highest BCUT2D eigenvalue weighted by Gasteiger charge is 2.38. The summed E-state index contributed by atoms with van der Waals surface area (Å²) in [5, 5.41) is 2.99. The number of halogens is 3. The van der Waals surface area contributed by atoms with Gasteiger partial charge in [-0.15, -0.1) is 0 Å². The van der Waals surface area contributed by atoms with Gasteiger partial charge in [-0.05, 0) is 6.07 Å². The van der Waals surface area contributed by atoms with Gasteiger partial charge in [0, 0.05) is 6.07 Å². The molecular weight excluding hydrogens is 209 g/mol. The minimum atomic E-state index is -4.52. The molecule has 0 fully saturated rings. The van der Waals surface area contributed by atoms with Gasteiger partial charge in [-0.3, -0.25) is 0 Å². The van der Waals surface area contributed by atoms with Gasteiger partial charge in [0.1, 0.15) is 14.2 Å². The first-order valence-electron chi connectivity index (χ1n) is 4.09. The fourth-order valence-corrected chi connectivity index (χ4v) is 1.09. The molecule has 0 saturated carbocycles. The van der Waals surface area contributed by atoms with E-state index in [4.69, 9.17) is 0 Å². The van der Waals surface area contributed by atoms with Gasteiger partial charge in [0.15, 0.2) is 18.1 Å². The molecule has 0 aliphatic rings. The summed E-state index contributed by atoms with van der Waals surface area (Å²) in [6.07, 6.45) is -1.57. The number of hydrogen-bond donors (Lipinski definition) is 0. The molecule has 6 heteroatoms. The smallest absolute Gasteiger partial charge is 0.399 e. The molecule has 0 aromatic carbocycles. The Morgan fingerprint density at radius 3 is 2.60 bits per heavy atom. The predicted molar refractivity (Wildman–Crippen MR) is 47.2 cm³/mol. The first kappa shape index (κ1) is 11.5. The lowest BCUT2D eigenvalue weighted by Crippen LogP contribution is -2.31. The second-order valence-electron chi connectivity index (χ2n) is 2.88. The minimum Gasteiger partial charge on any atom is -0.399 e. The van der Waals surface area contributed by atoms with E-state index in [0.29, 0.717) is 0 Å². The van der Waals surface area contributed by atoms with E-state index in [1.807, 2.05) is 0 Å². The van der Waals surface area contributed by atoms with Crippen LogP contribution in [0.5, 0.6) is 0 Å². The molecule has 0 atom stereocenters. The second-order valence-corrected chi connectivity index (χ2v) is 2.88. The summed E-state index contributed by atoms with van der Waals surface area (Å²) in [6, 6.07) is 2.83. The van der Waals surface area contributed by atoms with Crippen molar-refractivity contribution in [2.75, 3.05) is 7.11 Å². The summed E-state index contributed by atoms with van der Waals surface area (Å²) in [7, 11) is 2.71. The molecule has 15 heavy (non-hydrogen) atoms. The third kappa shape index (κ3) is 2.93. The fourth-order valence-electron chi connectivity index (χ4n) is 1.09. The Balaban J connectivity index is 3.17. The van der Waals surface area contributed by atoms with Crippen LogP contribution in [-0.2, 0) is 11.9 Å². The number of pyridine rings is 1. The van der Waals surface area contributed by atoms with Crippen LogP contribution in [0.25, 0.3) is 0 Å². The van der Waals surface area contributed by atoms with Gasteiger partial charge in [-0.2, -0.15) is 13.2 Å². The van der Waals surface area contributed by atoms with Gasteiger partial charge in [-0.25, -0.2) is 4.57 Å².